The minimum atomic E-state index is -0.602. The number of rotatable bonds is 5. The first kappa shape index (κ1) is 14.4. The second-order valence-electron chi connectivity index (χ2n) is 3.42. The number of hydrogen-bond donors (Lipinski definition) is 2. The SMILES string of the molecule is CCOC(=O)/C(=N/Nc1ccc(Br)cc1)C(C)=N. The van der Waals surface area contributed by atoms with Gasteiger partial charge in [-0.3, -0.25) is 5.43 Å². The highest BCUT2D eigenvalue weighted by Crippen LogP contribution is 2.14. The lowest BCUT2D eigenvalue weighted by Crippen LogP contribution is -2.25. The standard InChI is InChI=1S/C12H14BrN3O2/c1-3-18-12(17)11(8(2)14)16-15-10-6-4-9(13)5-7-10/h4-7,14-15H,3H2,1-2H3/b14-8?,16-11+. The van der Waals surface area contributed by atoms with Crippen molar-refractivity contribution < 1.29 is 9.53 Å². The fourth-order valence-electron chi connectivity index (χ4n) is 1.13. The van der Waals surface area contributed by atoms with Crippen molar-refractivity contribution >= 4 is 39.0 Å². The number of anilines is 1. The molecule has 1 rings (SSSR count). The number of carbonyl (C=O) groups is 1. The van der Waals surface area contributed by atoms with Crippen LogP contribution in [0.5, 0.6) is 0 Å². The van der Waals surface area contributed by atoms with E-state index in [2.05, 4.69) is 26.5 Å². The summed E-state index contributed by atoms with van der Waals surface area (Å²) in [5.41, 5.74) is 3.47. The van der Waals surface area contributed by atoms with Gasteiger partial charge < -0.3 is 10.1 Å². The van der Waals surface area contributed by atoms with Crippen LogP contribution in [0.3, 0.4) is 0 Å². The van der Waals surface area contributed by atoms with Crippen molar-refractivity contribution in [3.8, 4) is 0 Å². The lowest BCUT2D eigenvalue weighted by Gasteiger charge is -2.05. The van der Waals surface area contributed by atoms with Crippen molar-refractivity contribution in [2.24, 2.45) is 5.10 Å². The molecule has 0 heterocycles. The van der Waals surface area contributed by atoms with E-state index in [1.54, 1.807) is 19.1 Å². The van der Waals surface area contributed by atoms with Crippen LogP contribution < -0.4 is 5.43 Å². The minimum absolute atomic E-state index is 0.0280. The number of benzene rings is 1. The maximum Gasteiger partial charge on any atom is 0.360 e. The highest BCUT2D eigenvalue weighted by molar-refractivity contribution is 9.10. The molecule has 0 amide bonds. The van der Waals surface area contributed by atoms with Crippen molar-refractivity contribution in [2.45, 2.75) is 13.8 Å². The van der Waals surface area contributed by atoms with E-state index in [4.69, 9.17) is 10.1 Å². The van der Waals surface area contributed by atoms with Crippen molar-refractivity contribution in [2.75, 3.05) is 12.0 Å². The molecule has 0 bridgehead atoms. The van der Waals surface area contributed by atoms with E-state index in [9.17, 15) is 4.79 Å². The van der Waals surface area contributed by atoms with Crippen LogP contribution in [0.1, 0.15) is 13.8 Å². The summed E-state index contributed by atoms with van der Waals surface area (Å²) >= 11 is 3.32. The third-order valence-electron chi connectivity index (χ3n) is 1.97. The topological polar surface area (TPSA) is 74.5 Å². The molecule has 0 aliphatic rings. The van der Waals surface area contributed by atoms with E-state index < -0.39 is 5.97 Å². The van der Waals surface area contributed by atoms with E-state index in [-0.39, 0.29) is 18.0 Å². The Labute approximate surface area is 114 Å². The van der Waals surface area contributed by atoms with Gasteiger partial charge in [0.05, 0.1) is 18.0 Å². The molecule has 0 fully saturated rings. The number of nitrogens with one attached hydrogen (secondary N) is 2. The summed E-state index contributed by atoms with van der Waals surface area (Å²) in [5.74, 6) is -0.602. The van der Waals surface area contributed by atoms with Crippen LogP contribution in [-0.4, -0.2) is 24.0 Å². The molecule has 0 saturated heterocycles. The fraction of sp³-hybridized carbons (Fsp3) is 0.250. The largest absolute Gasteiger partial charge is 0.461 e. The van der Waals surface area contributed by atoms with Gasteiger partial charge in [-0.05, 0) is 38.1 Å². The van der Waals surface area contributed by atoms with Gasteiger partial charge in [0.1, 0.15) is 0 Å². The van der Waals surface area contributed by atoms with Crippen molar-refractivity contribution in [3.63, 3.8) is 0 Å². The zero-order chi connectivity index (χ0) is 13.5. The summed E-state index contributed by atoms with van der Waals surface area (Å²) < 4.78 is 5.76. The first-order valence-corrected chi connectivity index (χ1v) is 6.15. The van der Waals surface area contributed by atoms with Crippen LogP contribution in [0.4, 0.5) is 5.69 Å². The van der Waals surface area contributed by atoms with Gasteiger partial charge in [0.15, 0.2) is 5.71 Å². The second kappa shape index (κ2) is 6.90. The molecule has 6 heteroatoms. The average molecular weight is 312 g/mol. The summed E-state index contributed by atoms with van der Waals surface area (Å²) in [4.78, 5) is 11.5. The normalized spacial score (nSPS) is 10.9. The van der Waals surface area contributed by atoms with Crippen molar-refractivity contribution in [3.05, 3.63) is 28.7 Å². The molecule has 96 valence electrons. The Morgan fingerprint density at radius 3 is 2.56 bits per heavy atom. The third-order valence-corrected chi connectivity index (χ3v) is 2.49. The zero-order valence-electron chi connectivity index (χ0n) is 10.2. The van der Waals surface area contributed by atoms with Crippen LogP contribution in [0.25, 0.3) is 0 Å². The van der Waals surface area contributed by atoms with Gasteiger partial charge in [0.25, 0.3) is 0 Å². The molecule has 0 aromatic heterocycles. The molecule has 18 heavy (non-hydrogen) atoms. The van der Waals surface area contributed by atoms with E-state index in [1.807, 2.05) is 12.1 Å². The highest BCUT2D eigenvalue weighted by Gasteiger charge is 2.14. The molecule has 1 aromatic carbocycles. The van der Waals surface area contributed by atoms with E-state index in [1.165, 1.54) is 6.92 Å². The van der Waals surface area contributed by atoms with E-state index in [0.717, 1.165) is 10.2 Å². The maximum absolute atomic E-state index is 11.5. The number of nitrogens with zero attached hydrogens (tertiary/aromatic N) is 1. The van der Waals surface area contributed by atoms with Crippen LogP contribution >= 0.6 is 15.9 Å². The van der Waals surface area contributed by atoms with Crippen molar-refractivity contribution in [1.82, 2.24) is 0 Å². The number of halogens is 1. The van der Waals surface area contributed by atoms with Gasteiger partial charge in [0.2, 0.25) is 0 Å². The minimum Gasteiger partial charge on any atom is -0.461 e. The Kier molecular flexibility index (Phi) is 5.51. The number of ether oxygens (including phenoxy) is 1. The predicted octanol–water partition coefficient (Wildman–Crippen LogP) is 2.82. The molecule has 0 unspecified atom stereocenters. The fourth-order valence-corrected chi connectivity index (χ4v) is 1.39. The predicted molar refractivity (Wildman–Crippen MR) is 75.2 cm³/mol. The molecule has 0 radical (unpaired) electrons. The molecule has 5 nitrogen and oxygen atoms in total. The summed E-state index contributed by atoms with van der Waals surface area (Å²) in [6.07, 6.45) is 0. The summed E-state index contributed by atoms with van der Waals surface area (Å²) in [6, 6.07) is 7.30. The van der Waals surface area contributed by atoms with Crippen LogP contribution in [0.15, 0.2) is 33.8 Å². The Bertz CT molecular complexity index is 469. The third kappa shape index (κ3) is 4.29. The number of hydrazone groups is 1. The van der Waals surface area contributed by atoms with Gasteiger partial charge >= 0.3 is 5.97 Å². The van der Waals surface area contributed by atoms with E-state index >= 15 is 0 Å². The first-order chi connectivity index (χ1) is 8.54. The Morgan fingerprint density at radius 2 is 2.06 bits per heavy atom. The number of carbonyl (C=O) groups excluding carboxylic acids is 1. The van der Waals surface area contributed by atoms with Gasteiger partial charge in [-0.15, -0.1) is 0 Å². The summed E-state index contributed by atoms with van der Waals surface area (Å²) in [7, 11) is 0. The summed E-state index contributed by atoms with van der Waals surface area (Å²) in [6.45, 7) is 3.44. The molecular formula is C12H14BrN3O2. The molecule has 0 aliphatic heterocycles. The molecule has 0 aliphatic carbocycles. The maximum atomic E-state index is 11.5. The first-order valence-electron chi connectivity index (χ1n) is 5.36. The van der Waals surface area contributed by atoms with Gasteiger partial charge in [-0.2, -0.15) is 5.10 Å². The molecule has 1 aromatic rings. The van der Waals surface area contributed by atoms with Crippen LogP contribution in [0, 0.1) is 5.41 Å². The van der Waals surface area contributed by atoms with Gasteiger partial charge in [-0.1, -0.05) is 15.9 Å². The molecule has 2 N–H and O–H groups in total. The lowest BCUT2D eigenvalue weighted by molar-refractivity contribution is -0.134. The monoisotopic (exact) mass is 311 g/mol. The smallest absolute Gasteiger partial charge is 0.360 e. The van der Waals surface area contributed by atoms with Crippen LogP contribution in [-0.2, 0) is 9.53 Å². The zero-order valence-corrected chi connectivity index (χ0v) is 11.7. The van der Waals surface area contributed by atoms with Crippen LogP contribution in [0.2, 0.25) is 0 Å². The summed E-state index contributed by atoms with van der Waals surface area (Å²) in [5, 5.41) is 11.4. The molecule has 0 spiro atoms. The lowest BCUT2D eigenvalue weighted by atomic mass is 10.2. The Hall–Kier alpha value is -1.69. The Balaban J connectivity index is 2.80. The molecular weight excluding hydrogens is 298 g/mol. The molecule has 0 atom stereocenters. The molecule has 0 saturated carbocycles. The number of hydrogen-bond acceptors (Lipinski definition) is 5. The number of esters is 1. The van der Waals surface area contributed by atoms with Gasteiger partial charge in [-0.25, -0.2) is 4.79 Å². The van der Waals surface area contributed by atoms with Gasteiger partial charge in [0, 0.05) is 4.47 Å². The quantitative estimate of drug-likeness (QED) is 0.499. The average Bonchev–Trinajstić information content (AvgIpc) is 2.31. The van der Waals surface area contributed by atoms with E-state index in [0.29, 0.717) is 0 Å². The Morgan fingerprint density at radius 1 is 1.44 bits per heavy atom. The van der Waals surface area contributed by atoms with Crippen molar-refractivity contribution in [1.29, 1.82) is 5.41 Å². The second-order valence-corrected chi connectivity index (χ2v) is 4.34. The highest BCUT2D eigenvalue weighted by atomic mass is 79.9.